The largest absolute Gasteiger partial charge is 0.347 e. The smallest absolute Gasteiger partial charge is 0.261 e. The molecule has 2 saturated carbocycles. The van der Waals surface area contributed by atoms with Gasteiger partial charge in [-0.15, -0.1) is 11.3 Å². The standard InChI is InChI=1S/C23H27N3O3S/c27-21(16-6-2-1-3-7-16)25-18-8-4-5-15(13-18)14-24-23(29)19-11-12-20(30-19)26-22(28)17-9-10-17/h4-5,8,11-13,16-17H,1-3,6-7,9-10,14H2,(H,24,29)(H,25,27)(H,26,28). The van der Waals surface area contributed by atoms with Crippen LogP contribution in [0.2, 0.25) is 0 Å². The minimum absolute atomic E-state index is 0.0379. The summed E-state index contributed by atoms with van der Waals surface area (Å²) in [4.78, 5) is 37.3. The van der Waals surface area contributed by atoms with E-state index < -0.39 is 0 Å². The van der Waals surface area contributed by atoms with Crippen LogP contribution in [0, 0.1) is 11.8 Å². The first-order chi connectivity index (χ1) is 14.6. The number of thiophene rings is 1. The van der Waals surface area contributed by atoms with E-state index in [9.17, 15) is 14.4 Å². The minimum atomic E-state index is -0.177. The second-order valence-corrected chi connectivity index (χ2v) is 9.22. The molecule has 7 heteroatoms. The number of anilines is 2. The number of nitrogens with one attached hydrogen (secondary N) is 3. The van der Waals surface area contributed by atoms with Crippen molar-refractivity contribution in [2.45, 2.75) is 51.5 Å². The third kappa shape index (κ3) is 5.48. The van der Waals surface area contributed by atoms with E-state index in [0.717, 1.165) is 49.8 Å². The molecule has 0 atom stereocenters. The molecule has 1 heterocycles. The average molecular weight is 426 g/mol. The molecule has 1 aromatic heterocycles. The lowest BCUT2D eigenvalue weighted by Crippen LogP contribution is -2.25. The van der Waals surface area contributed by atoms with Crippen molar-refractivity contribution >= 4 is 39.7 Å². The monoisotopic (exact) mass is 425 g/mol. The molecule has 2 fully saturated rings. The van der Waals surface area contributed by atoms with Crippen LogP contribution in [0.4, 0.5) is 10.7 Å². The third-order valence-corrected chi connectivity index (χ3v) is 6.65. The van der Waals surface area contributed by atoms with Crippen molar-refractivity contribution in [2.24, 2.45) is 11.8 Å². The highest BCUT2D eigenvalue weighted by molar-refractivity contribution is 7.18. The lowest BCUT2D eigenvalue weighted by Gasteiger charge is -2.20. The van der Waals surface area contributed by atoms with Crippen LogP contribution in [0.15, 0.2) is 36.4 Å². The first kappa shape index (κ1) is 20.6. The van der Waals surface area contributed by atoms with Crippen LogP contribution >= 0.6 is 11.3 Å². The molecule has 0 aliphatic heterocycles. The SMILES string of the molecule is O=C(NCc1cccc(NC(=O)C2CCCCC2)c1)c1ccc(NC(=O)C2CC2)s1. The summed E-state index contributed by atoms with van der Waals surface area (Å²) in [6, 6.07) is 11.1. The van der Waals surface area contributed by atoms with Gasteiger partial charge >= 0.3 is 0 Å². The molecule has 0 bridgehead atoms. The van der Waals surface area contributed by atoms with Crippen LogP contribution < -0.4 is 16.0 Å². The van der Waals surface area contributed by atoms with Crippen LogP contribution in [0.3, 0.4) is 0 Å². The molecule has 2 aromatic rings. The Hall–Kier alpha value is -2.67. The number of hydrogen-bond acceptors (Lipinski definition) is 4. The molecule has 0 unspecified atom stereocenters. The lowest BCUT2D eigenvalue weighted by molar-refractivity contribution is -0.120. The molecule has 0 spiro atoms. The molecule has 2 aliphatic rings. The molecule has 0 radical (unpaired) electrons. The third-order valence-electron chi connectivity index (χ3n) is 5.65. The summed E-state index contributed by atoms with van der Waals surface area (Å²) < 4.78 is 0. The van der Waals surface area contributed by atoms with Crippen LogP contribution in [-0.4, -0.2) is 17.7 Å². The second kappa shape index (κ2) is 9.43. The number of carbonyl (C=O) groups is 3. The van der Waals surface area contributed by atoms with Crippen LogP contribution in [0.1, 0.15) is 60.2 Å². The van der Waals surface area contributed by atoms with Crippen molar-refractivity contribution in [1.29, 1.82) is 0 Å². The highest BCUT2D eigenvalue weighted by atomic mass is 32.1. The van der Waals surface area contributed by atoms with Gasteiger partial charge in [-0.1, -0.05) is 31.4 Å². The van der Waals surface area contributed by atoms with Gasteiger partial charge in [-0.25, -0.2) is 0 Å². The molecule has 3 N–H and O–H groups in total. The number of rotatable bonds is 7. The fourth-order valence-corrected chi connectivity index (χ4v) is 4.56. The fourth-order valence-electron chi connectivity index (χ4n) is 3.73. The van der Waals surface area contributed by atoms with E-state index >= 15 is 0 Å². The van der Waals surface area contributed by atoms with Gasteiger partial charge in [0.05, 0.1) is 9.88 Å². The van der Waals surface area contributed by atoms with Gasteiger partial charge < -0.3 is 16.0 Å². The van der Waals surface area contributed by atoms with Gasteiger partial charge in [-0.3, -0.25) is 14.4 Å². The normalized spacial score (nSPS) is 16.7. The molecule has 6 nitrogen and oxygen atoms in total. The maximum Gasteiger partial charge on any atom is 0.261 e. The first-order valence-corrected chi connectivity index (χ1v) is 11.5. The summed E-state index contributed by atoms with van der Waals surface area (Å²) in [5, 5.41) is 9.49. The average Bonchev–Trinajstić information content (AvgIpc) is 3.52. The van der Waals surface area contributed by atoms with Gasteiger partial charge in [-0.05, 0) is 55.5 Å². The van der Waals surface area contributed by atoms with Crippen molar-refractivity contribution in [2.75, 3.05) is 10.6 Å². The Balaban J connectivity index is 1.28. The Kier molecular flexibility index (Phi) is 6.47. The topological polar surface area (TPSA) is 87.3 Å². The van der Waals surface area contributed by atoms with E-state index in [1.807, 2.05) is 24.3 Å². The molecule has 1 aromatic carbocycles. The van der Waals surface area contributed by atoms with E-state index in [1.165, 1.54) is 17.8 Å². The Morgan fingerprint density at radius 2 is 1.60 bits per heavy atom. The highest BCUT2D eigenvalue weighted by Crippen LogP contribution is 2.31. The number of benzene rings is 1. The van der Waals surface area contributed by atoms with Crippen molar-refractivity contribution in [1.82, 2.24) is 5.32 Å². The van der Waals surface area contributed by atoms with Crippen molar-refractivity contribution < 1.29 is 14.4 Å². The Morgan fingerprint density at radius 1 is 0.867 bits per heavy atom. The first-order valence-electron chi connectivity index (χ1n) is 10.7. The van der Waals surface area contributed by atoms with Gasteiger partial charge in [0.25, 0.3) is 5.91 Å². The van der Waals surface area contributed by atoms with E-state index in [4.69, 9.17) is 0 Å². The molecule has 0 saturated heterocycles. The molecule has 30 heavy (non-hydrogen) atoms. The van der Waals surface area contributed by atoms with E-state index in [-0.39, 0.29) is 29.6 Å². The van der Waals surface area contributed by atoms with Crippen molar-refractivity contribution in [3.05, 3.63) is 46.8 Å². The van der Waals surface area contributed by atoms with Crippen molar-refractivity contribution in [3.63, 3.8) is 0 Å². The Morgan fingerprint density at radius 3 is 2.37 bits per heavy atom. The zero-order valence-corrected chi connectivity index (χ0v) is 17.7. The van der Waals surface area contributed by atoms with Crippen LogP contribution in [-0.2, 0) is 16.1 Å². The summed E-state index contributed by atoms with van der Waals surface area (Å²) in [5.41, 5.74) is 1.68. The maximum absolute atomic E-state index is 12.4. The summed E-state index contributed by atoms with van der Waals surface area (Å²) in [6.45, 7) is 0.369. The highest BCUT2D eigenvalue weighted by Gasteiger charge is 2.30. The zero-order chi connectivity index (χ0) is 20.9. The molecule has 3 amide bonds. The van der Waals surface area contributed by atoms with Crippen LogP contribution in [0.5, 0.6) is 0 Å². The lowest BCUT2D eigenvalue weighted by atomic mass is 9.88. The van der Waals surface area contributed by atoms with Gasteiger partial charge in [0, 0.05) is 24.1 Å². The number of hydrogen-bond donors (Lipinski definition) is 3. The molecule has 2 aliphatic carbocycles. The van der Waals surface area contributed by atoms with Crippen molar-refractivity contribution in [3.8, 4) is 0 Å². The molecular formula is C23H27N3O3S. The summed E-state index contributed by atoms with van der Waals surface area (Å²) >= 11 is 1.28. The zero-order valence-electron chi connectivity index (χ0n) is 16.9. The Labute approximate surface area is 180 Å². The van der Waals surface area contributed by atoms with E-state index in [2.05, 4.69) is 16.0 Å². The summed E-state index contributed by atoms with van der Waals surface area (Å²) in [6.07, 6.45) is 7.29. The second-order valence-electron chi connectivity index (χ2n) is 8.13. The molecular weight excluding hydrogens is 398 g/mol. The summed E-state index contributed by atoms with van der Waals surface area (Å²) in [5.74, 6) is 0.195. The summed E-state index contributed by atoms with van der Waals surface area (Å²) in [7, 11) is 0. The van der Waals surface area contributed by atoms with Crippen LogP contribution in [0.25, 0.3) is 0 Å². The predicted molar refractivity (Wildman–Crippen MR) is 118 cm³/mol. The number of amides is 3. The number of carbonyl (C=O) groups excluding carboxylic acids is 3. The molecule has 158 valence electrons. The predicted octanol–water partition coefficient (Wildman–Crippen LogP) is 4.55. The van der Waals surface area contributed by atoms with E-state index in [0.29, 0.717) is 16.4 Å². The maximum atomic E-state index is 12.4. The quantitative estimate of drug-likeness (QED) is 0.608. The minimum Gasteiger partial charge on any atom is -0.347 e. The van der Waals surface area contributed by atoms with Gasteiger partial charge in [-0.2, -0.15) is 0 Å². The van der Waals surface area contributed by atoms with Gasteiger partial charge in [0.1, 0.15) is 0 Å². The Bertz CT molecular complexity index is 929. The van der Waals surface area contributed by atoms with E-state index in [1.54, 1.807) is 12.1 Å². The fraction of sp³-hybridized carbons (Fsp3) is 0.435. The van der Waals surface area contributed by atoms with Gasteiger partial charge in [0.15, 0.2) is 0 Å². The van der Waals surface area contributed by atoms with Gasteiger partial charge in [0.2, 0.25) is 11.8 Å². The molecule has 4 rings (SSSR count).